The molecule has 2 aliphatic heterocycles. The van der Waals surface area contributed by atoms with E-state index < -0.39 is 0 Å². The number of nitrogens with zero attached hydrogens (tertiary/aromatic N) is 2. The highest BCUT2D eigenvalue weighted by atomic mass is 19.1. The van der Waals surface area contributed by atoms with Gasteiger partial charge < -0.3 is 14.9 Å². The van der Waals surface area contributed by atoms with Crippen molar-refractivity contribution in [2.75, 3.05) is 29.4 Å². The van der Waals surface area contributed by atoms with Crippen molar-refractivity contribution in [1.29, 1.82) is 0 Å². The van der Waals surface area contributed by atoms with Gasteiger partial charge in [0.1, 0.15) is 5.82 Å². The third-order valence-corrected chi connectivity index (χ3v) is 5.37. The monoisotopic (exact) mass is 326 g/mol. The van der Waals surface area contributed by atoms with Gasteiger partial charge in [0.2, 0.25) is 0 Å². The quantitative estimate of drug-likeness (QED) is 0.937. The minimum absolute atomic E-state index is 0.0906. The highest BCUT2D eigenvalue weighted by Gasteiger charge is 2.29. The Morgan fingerprint density at radius 2 is 1.75 bits per heavy atom. The minimum Gasteiger partial charge on any atom is -0.392 e. The summed E-state index contributed by atoms with van der Waals surface area (Å²) in [6.07, 6.45) is 3.22. The van der Waals surface area contributed by atoms with Crippen LogP contribution in [0.15, 0.2) is 42.5 Å². The molecule has 0 aromatic heterocycles. The molecule has 4 rings (SSSR count). The lowest BCUT2D eigenvalue weighted by atomic mass is 10.0. The first-order chi connectivity index (χ1) is 11.7. The van der Waals surface area contributed by atoms with Crippen molar-refractivity contribution in [3.8, 4) is 0 Å². The van der Waals surface area contributed by atoms with Gasteiger partial charge in [-0.3, -0.25) is 0 Å². The van der Waals surface area contributed by atoms with E-state index in [1.165, 1.54) is 11.3 Å². The molecule has 0 amide bonds. The summed E-state index contributed by atoms with van der Waals surface area (Å²) in [4.78, 5) is 4.81. The predicted octanol–water partition coefficient (Wildman–Crippen LogP) is 3.35. The molecule has 1 saturated heterocycles. The second-order valence-corrected chi connectivity index (χ2v) is 6.76. The number of aliphatic hydroxyl groups is 1. The Balaban J connectivity index is 1.43. The highest BCUT2D eigenvalue weighted by Crippen LogP contribution is 2.33. The second-order valence-electron chi connectivity index (χ2n) is 6.76. The van der Waals surface area contributed by atoms with Gasteiger partial charge >= 0.3 is 0 Å². The Hall–Kier alpha value is -2.07. The lowest BCUT2D eigenvalue weighted by Gasteiger charge is -2.39. The van der Waals surface area contributed by atoms with Gasteiger partial charge in [-0.15, -0.1) is 0 Å². The van der Waals surface area contributed by atoms with Gasteiger partial charge in [0, 0.05) is 37.1 Å². The normalized spacial score (nSPS) is 18.1. The minimum atomic E-state index is -0.137. The molecule has 4 heteroatoms. The number of hydrogen-bond acceptors (Lipinski definition) is 3. The number of anilines is 2. The van der Waals surface area contributed by atoms with Crippen molar-refractivity contribution in [3.05, 3.63) is 59.4 Å². The summed E-state index contributed by atoms with van der Waals surface area (Å²) >= 11 is 0. The lowest BCUT2D eigenvalue weighted by Crippen LogP contribution is -2.44. The second kappa shape index (κ2) is 6.44. The average Bonchev–Trinajstić information content (AvgIpc) is 3.05. The van der Waals surface area contributed by atoms with Crippen LogP contribution in [0.25, 0.3) is 0 Å². The maximum absolute atomic E-state index is 13.6. The molecule has 1 N–H and O–H groups in total. The average molecular weight is 326 g/mol. The molecule has 126 valence electrons. The van der Waals surface area contributed by atoms with Gasteiger partial charge in [-0.1, -0.05) is 18.2 Å². The zero-order valence-electron chi connectivity index (χ0n) is 13.8. The van der Waals surface area contributed by atoms with Crippen LogP contribution in [0.3, 0.4) is 0 Å². The van der Waals surface area contributed by atoms with E-state index >= 15 is 0 Å². The Morgan fingerprint density at radius 1 is 1.00 bits per heavy atom. The van der Waals surface area contributed by atoms with E-state index in [4.69, 9.17) is 5.11 Å². The number of aliphatic hydroxyl groups excluding tert-OH is 1. The number of fused-ring (bicyclic) bond motifs is 1. The maximum Gasteiger partial charge on any atom is 0.125 e. The fourth-order valence-corrected chi connectivity index (χ4v) is 4.00. The Bertz CT molecular complexity index is 708. The predicted molar refractivity (Wildman–Crippen MR) is 95.0 cm³/mol. The van der Waals surface area contributed by atoms with Crippen molar-refractivity contribution in [1.82, 2.24) is 0 Å². The summed E-state index contributed by atoms with van der Waals surface area (Å²) in [6, 6.07) is 13.9. The summed E-state index contributed by atoms with van der Waals surface area (Å²) in [5.41, 5.74) is 4.54. The van der Waals surface area contributed by atoms with Crippen molar-refractivity contribution in [2.45, 2.75) is 31.9 Å². The fraction of sp³-hybridized carbons (Fsp3) is 0.400. The van der Waals surface area contributed by atoms with Crippen molar-refractivity contribution >= 4 is 11.4 Å². The van der Waals surface area contributed by atoms with Crippen molar-refractivity contribution in [3.63, 3.8) is 0 Å². The van der Waals surface area contributed by atoms with Crippen LogP contribution in [0.4, 0.5) is 15.8 Å². The van der Waals surface area contributed by atoms with Crippen LogP contribution in [-0.4, -0.2) is 30.8 Å². The zero-order chi connectivity index (χ0) is 16.5. The van der Waals surface area contributed by atoms with Crippen LogP contribution < -0.4 is 9.80 Å². The molecule has 2 aromatic rings. The molecule has 0 aliphatic carbocycles. The summed E-state index contributed by atoms with van der Waals surface area (Å²) in [7, 11) is 0. The molecule has 0 saturated carbocycles. The molecule has 0 spiro atoms. The van der Waals surface area contributed by atoms with E-state index in [0.29, 0.717) is 6.04 Å². The largest absolute Gasteiger partial charge is 0.392 e. The first-order valence-corrected chi connectivity index (χ1v) is 8.74. The highest BCUT2D eigenvalue weighted by molar-refractivity contribution is 5.59. The summed E-state index contributed by atoms with van der Waals surface area (Å²) < 4.78 is 13.6. The number of piperidine rings is 1. The van der Waals surface area contributed by atoms with E-state index in [1.807, 2.05) is 18.2 Å². The molecule has 0 radical (unpaired) electrons. The molecule has 2 aliphatic rings. The molecule has 0 unspecified atom stereocenters. The molecular weight excluding hydrogens is 303 g/mol. The summed E-state index contributed by atoms with van der Waals surface area (Å²) in [6.45, 7) is 3.14. The molecule has 0 atom stereocenters. The third-order valence-electron chi connectivity index (χ3n) is 5.37. The number of halogens is 1. The van der Waals surface area contributed by atoms with Crippen LogP contribution in [0.1, 0.15) is 24.0 Å². The van der Waals surface area contributed by atoms with Gasteiger partial charge in [0.25, 0.3) is 0 Å². The van der Waals surface area contributed by atoms with Gasteiger partial charge in [0.05, 0.1) is 6.61 Å². The first-order valence-electron chi connectivity index (χ1n) is 8.74. The van der Waals surface area contributed by atoms with Gasteiger partial charge in [-0.2, -0.15) is 0 Å². The molecule has 0 bridgehead atoms. The first kappa shape index (κ1) is 15.5. The van der Waals surface area contributed by atoms with Crippen LogP contribution in [-0.2, 0) is 13.0 Å². The molecular formula is C20H23FN2O. The van der Waals surface area contributed by atoms with Crippen LogP contribution in [0, 0.1) is 5.82 Å². The van der Waals surface area contributed by atoms with E-state index in [1.54, 1.807) is 12.1 Å². The molecule has 3 nitrogen and oxygen atoms in total. The van der Waals surface area contributed by atoms with Crippen LogP contribution >= 0.6 is 0 Å². The summed E-state index contributed by atoms with van der Waals surface area (Å²) in [5, 5.41) is 9.15. The van der Waals surface area contributed by atoms with Gasteiger partial charge in [-0.05, 0) is 54.7 Å². The van der Waals surface area contributed by atoms with Crippen LogP contribution in [0.2, 0.25) is 0 Å². The Labute approximate surface area is 142 Å². The fourth-order valence-electron chi connectivity index (χ4n) is 4.00. The lowest BCUT2D eigenvalue weighted by molar-refractivity contribution is 0.282. The van der Waals surface area contributed by atoms with E-state index in [0.717, 1.165) is 50.1 Å². The van der Waals surface area contributed by atoms with Crippen LogP contribution in [0.5, 0.6) is 0 Å². The maximum atomic E-state index is 13.6. The molecule has 2 heterocycles. The van der Waals surface area contributed by atoms with Crippen molar-refractivity contribution < 1.29 is 9.50 Å². The van der Waals surface area contributed by atoms with E-state index in [2.05, 4.69) is 21.9 Å². The van der Waals surface area contributed by atoms with E-state index in [-0.39, 0.29) is 12.4 Å². The van der Waals surface area contributed by atoms with E-state index in [9.17, 15) is 4.39 Å². The molecule has 2 aromatic carbocycles. The van der Waals surface area contributed by atoms with Gasteiger partial charge in [-0.25, -0.2) is 4.39 Å². The Morgan fingerprint density at radius 3 is 2.46 bits per heavy atom. The number of rotatable bonds is 3. The standard InChI is InChI=1S/C20H23FN2O/c21-17-4-3-16-7-12-23(20(16)13-17)19-8-10-22(11-9-19)18-5-1-15(14-24)2-6-18/h1-6,13,19,24H,7-12,14H2. The number of hydrogen-bond donors (Lipinski definition) is 1. The molecule has 1 fully saturated rings. The summed E-state index contributed by atoms with van der Waals surface area (Å²) in [5.74, 6) is -0.137. The molecule has 24 heavy (non-hydrogen) atoms. The topological polar surface area (TPSA) is 26.7 Å². The smallest absolute Gasteiger partial charge is 0.125 e. The van der Waals surface area contributed by atoms with Gasteiger partial charge in [0.15, 0.2) is 0 Å². The Kier molecular flexibility index (Phi) is 4.15. The van der Waals surface area contributed by atoms with Crippen molar-refractivity contribution in [2.24, 2.45) is 0 Å². The number of benzene rings is 2. The SMILES string of the molecule is OCc1ccc(N2CCC(N3CCc4ccc(F)cc43)CC2)cc1. The third kappa shape index (κ3) is 2.86. The zero-order valence-corrected chi connectivity index (χ0v) is 13.8.